The standard InChI is InChI=1S/C28H23N3O2S3/c1-20-7-9-24(10-8-20)36(32,33)31-26-17-28(21-12-15-34-18-21,22-13-16-35-19-22)14-11-25(26)27(30-31)29-23-5-3-2-4-6-23/h2-16,18-19H,17H2,1H3,(H,29,30). The number of fused-ring (bicyclic) bond motifs is 1. The Morgan fingerprint density at radius 1 is 0.917 bits per heavy atom. The Morgan fingerprint density at radius 2 is 1.58 bits per heavy atom. The van der Waals surface area contributed by atoms with Gasteiger partial charge >= 0.3 is 0 Å². The van der Waals surface area contributed by atoms with E-state index in [0.29, 0.717) is 17.9 Å². The molecule has 0 radical (unpaired) electrons. The van der Waals surface area contributed by atoms with Crippen LogP contribution < -0.4 is 5.32 Å². The van der Waals surface area contributed by atoms with Crippen LogP contribution in [-0.4, -0.2) is 17.6 Å². The van der Waals surface area contributed by atoms with Crippen LogP contribution in [0, 0.1) is 6.92 Å². The molecule has 5 nitrogen and oxygen atoms in total. The van der Waals surface area contributed by atoms with E-state index in [2.05, 4.69) is 50.1 Å². The third kappa shape index (κ3) is 3.82. The van der Waals surface area contributed by atoms with Crippen molar-refractivity contribution in [3.8, 4) is 0 Å². The van der Waals surface area contributed by atoms with Crippen molar-refractivity contribution in [3.63, 3.8) is 0 Å². The molecule has 0 spiro atoms. The summed E-state index contributed by atoms with van der Waals surface area (Å²) in [5.74, 6) is 0.521. The summed E-state index contributed by atoms with van der Waals surface area (Å²) >= 11 is 3.28. The Morgan fingerprint density at radius 3 is 2.19 bits per heavy atom. The molecule has 0 bridgehead atoms. The van der Waals surface area contributed by atoms with Crippen molar-refractivity contribution in [2.75, 3.05) is 5.32 Å². The zero-order valence-electron chi connectivity index (χ0n) is 19.5. The molecule has 180 valence electrons. The van der Waals surface area contributed by atoms with Crippen molar-refractivity contribution in [3.05, 3.63) is 122 Å². The van der Waals surface area contributed by atoms with Crippen molar-refractivity contribution < 1.29 is 8.42 Å². The molecular formula is C28H23N3O2S3. The van der Waals surface area contributed by atoms with Crippen molar-refractivity contribution in [1.29, 1.82) is 0 Å². The molecule has 6 rings (SSSR count). The minimum Gasteiger partial charge on any atom is -0.338 e. The number of thiophene rings is 2. The van der Waals surface area contributed by atoms with Gasteiger partial charge < -0.3 is 5.32 Å². The zero-order valence-corrected chi connectivity index (χ0v) is 21.9. The maximum Gasteiger partial charge on any atom is 0.283 e. The lowest BCUT2D eigenvalue weighted by Crippen LogP contribution is -2.32. The lowest BCUT2D eigenvalue weighted by atomic mass is 9.70. The first-order valence-electron chi connectivity index (χ1n) is 11.5. The third-order valence-electron chi connectivity index (χ3n) is 6.62. The number of benzene rings is 2. The molecule has 3 heterocycles. The van der Waals surface area contributed by atoms with E-state index in [1.165, 1.54) is 4.09 Å². The predicted molar refractivity (Wildman–Crippen MR) is 148 cm³/mol. The average Bonchev–Trinajstić information content (AvgIpc) is 3.67. The lowest BCUT2D eigenvalue weighted by molar-refractivity contribution is 0.566. The minimum absolute atomic E-state index is 0.218. The molecule has 0 atom stereocenters. The van der Waals surface area contributed by atoms with Crippen LogP contribution >= 0.6 is 22.7 Å². The summed E-state index contributed by atoms with van der Waals surface area (Å²) in [5, 5.41) is 16.4. The fourth-order valence-corrected chi connectivity index (χ4v) is 7.49. The average molecular weight is 530 g/mol. The Labute approximate surface area is 218 Å². The highest BCUT2D eigenvalue weighted by Gasteiger charge is 2.40. The van der Waals surface area contributed by atoms with Gasteiger partial charge in [0.2, 0.25) is 0 Å². The van der Waals surface area contributed by atoms with E-state index in [1.54, 1.807) is 34.8 Å². The molecule has 0 saturated heterocycles. The van der Waals surface area contributed by atoms with E-state index in [4.69, 9.17) is 0 Å². The van der Waals surface area contributed by atoms with Gasteiger partial charge in [-0.3, -0.25) is 0 Å². The highest BCUT2D eigenvalue weighted by Crippen LogP contribution is 2.45. The smallest absolute Gasteiger partial charge is 0.283 e. The number of nitrogens with zero attached hydrogens (tertiary/aromatic N) is 2. The number of hydrogen-bond donors (Lipinski definition) is 1. The molecule has 5 aromatic rings. The number of allylic oxidation sites excluding steroid dienone is 1. The van der Waals surface area contributed by atoms with Crippen molar-refractivity contribution >= 4 is 50.3 Å². The van der Waals surface area contributed by atoms with Gasteiger partial charge in [-0.15, -0.1) is 5.10 Å². The molecule has 0 amide bonds. The van der Waals surface area contributed by atoms with Crippen LogP contribution in [0.25, 0.3) is 6.08 Å². The van der Waals surface area contributed by atoms with Gasteiger partial charge in [0.1, 0.15) is 0 Å². The zero-order chi connectivity index (χ0) is 24.8. The van der Waals surface area contributed by atoms with E-state index >= 15 is 0 Å². The molecule has 8 heteroatoms. The first kappa shape index (κ1) is 23.0. The highest BCUT2D eigenvalue weighted by molar-refractivity contribution is 7.89. The van der Waals surface area contributed by atoms with Gasteiger partial charge in [-0.05, 0) is 76.0 Å². The molecule has 1 aliphatic rings. The minimum atomic E-state index is -3.92. The lowest BCUT2D eigenvalue weighted by Gasteiger charge is -2.33. The molecule has 0 aliphatic heterocycles. The first-order chi connectivity index (χ1) is 17.5. The van der Waals surface area contributed by atoms with Gasteiger partial charge in [0, 0.05) is 23.1 Å². The number of hydrogen-bond acceptors (Lipinski definition) is 6. The van der Waals surface area contributed by atoms with Crippen molar-refractivity contribution in [2.24, 2.45) is 0 Å². The number of anilines is 2. The Hall–Kier alpha value is -3.46. The van der Waals surface area contributed by atoms with E-state index in [9.17, 15) is 8.42 Å². The summed E-state index contributed by atoms with van der Waals surface area (Å²) < 4.78 is 29.1. The van der Waals surface area contributed by atoms with Crippen LogP contribution in [-0.2, 0) is 21.9 Å². The fourth-order valence-electron chi connectivity index (χ4n) is 4.69. The van der Waals surface area contributed by atoms with Crippen LogP contribution in [0.4, 0.5) is 11.5 Å². The van der Waals surface area contributed by atoms with Gasteiger partial charge in [-0.2, -0.15) is 35.2 Å². The van der Waals surface area contributed by atoms with Crippen molar-refractivity contribution in [1.82, 2.24) is 9.19 Å². The number of aromatic nitrogens is 2. The van der Waals surface area contributed by atoms with E-state index < -0.39 is 15.4 Å². The van der Waals surface area contributed by atoms with Crippen molar-refractivity contribution in [2.45, 2.75) is 23.7 Å². The van der Waals surface area contributed by atoms with E-state index in [1.807, 2.05) is 55.5 Å². The van der Waals surface area contributed by atoms with Crippen LogP contribution in [0.15, 0.2) is 99.2 Å². The number of para-hydroxylation sites is 1. The number of nitrogens with one attached hydrogen (secondary N) is 1. The Balaban J connectivity index is 1.55. The van der Waals surface area contributed by atoms with Crippen LogP contribution in [0.1, 0.15) is 27.9 Å². The second-order valence-corrected chi connectivity index (χ2v) is 12.2. The van der Waals surface area contributed by atoms with Gasteiger partial charge in [0.25, 0.3) is 10.0 Å². The van der Waals surface area contributed by atoms with Crippen LogP contribution in [0.5, 0.6) is 0 Å². The molecule has 0 fully saturated rings. The Bertz CT molecular complexity index is 1600. The predicted octanol–water partition coefficient (Wildman–Crippen LogP) is 6.85. The molecule has 1 N–H and O–H groups in total. The summed E-state index contributed by atoms with van der Waals surface area (Å²) in [6, 6.07) is 20.8. The van der Waals surface area contributed by atoms with Gasteiger partial charge in [0.05, 0.1) is 10.6 Å². The number of aryl methyl sites for hydroxylation is 1. The summed E-state index contributed by atoms with van der Waals surface area (Å²) in [6.45, 7) is 1.94. The Kier molecular flexibility index (Phi) is 5.67. The molecule has 3 aromatic heterocycles. The number of rotatable bonds is 6. The second-order valence-electron chi connectivity index (χ2n) is 8.87. The summed E-state index contributed by atoms with van der Waals surface area (Å²) in [4.78, 5) is 0.218. The van der Waals surface area contributed by atoms with E-state index in [-0.39, 0.29) is 4.90 Å². The van der Waals surface area contributed by atoms with Gasteiger partial charge in [-0.1, -0.05) is 48.0 Å². The molecule has 2 aromatic carbocycles. The second kappa shape index (κ2) is 8.89. The monoisotopic (exact) mass is 529 g/mol. The van der Waals surface area contributed by atoms with Crippen LogP contribution in [0.3, 0.4) is 0 Å². The van der Waals surface area contributed by atoms with Gasteiger partial charge in [-0.25, -0.2) is 0 Å². The molecular weight excluding hydrogens is 507 g/mol. The van der Waals surface area contributed by atoms with E-state index in [0.717, 1.165) is 27.9 Å². The molecule has 0 saturated carbocycles. The molecule has 36 heavy (non-hydrogen) atoms. The maximum absolute atomic E-state index is 13.9. The SMILES string of the molecule is Cc1ccc(S(=O)(=O)n2nc(Nc3ccccc3)c3c2CC(c2ccsc2)(c2ccsc2)C=C3)cc1. The first-order valence-corrected chi connectivity index (χ1v) is 14.8. The summed E-state index contributed by atoms with van der Waals surface area (Å²) in [6.07, 6.45) is 4.69. The topological polar surface area (TPSA) is 64.0 Å². The maximum atomic E-state index is 13.9. The summed E-state index contributed by atoms with van der Waals surface area (Å²) in [5.41, 5.74) is 5.11. The molecule has 1 aliphatic carbocycles. The quantitative estimate of drug-likeness (QED) is 0.261. The van der Waals surface area contributed by atoms with Crippen LogP contribution in [0.2, 0.25) is 0 Å². The third-order valence-corrected chi connectivity index (χ3v) is 9.62. The summed E-state index contributed by atoms with van der Waals surface area (Å²) in [7, 11) is -3.92. The normalized spacial score (nSPS) is 14.5. The molecule has 0 unspecified atom stereocenters. The highest BCUT2D eigenvalue weighted by atomic mass is 32.2. The van der Waals surface area contributed by atoms with Gasteiger partial charge in [0.15, 0.2) is 5.82 Å². The fraction of sp³-hybridized carbons (Fsp3) is 0.107. The largest absolute Gasteiger partial charge is 0.338 e.